The second-order valence-corrected chi connectivity index (χ2v) is 8.25. The van der Waals surface area contributed by atoms with E-state index in [9.17, 15) is 8.42 Å². The summed E-state index contributed by atoms with van der Waals surface area (Å²) in [7, 11) is 0.0992. The zero-order valence-electron chi connectivity index (χ0n) is 12.2. The van der Waals surface area contributed by atoms with Gasteiger partial charge in [-0.1, -0.05) is 30.3 Å². The number of hydrogen-bond donors (Lipinski definition) is 1. The number of likely N-dealkylation sites (N-methyl/N-ethyl adjacent to an activating group) is 1. The molecule has 2 rings (SSSR count). The Balaban J connectivity index is 2.04. The van der Waals surface area contributed by atoms with Crippen LogP contribution in [-0.2, 0) is 23.0 Å². The number of rotatable bonds is 7. The van der Waals surface area contributed by atoms with Crippen LogP contribution in [0.1, 0.15) is 10.4 Å². The topological polar surface area (TPSA) is 49.4 Å². The number of nitrogens with one attached hydrogen (secondary N) is 1. The van der Waals surface area contributed by atoms with Crippen LogP contribution in [0.2, 0.25) is 0 Å². The molecule has 1 aromatic carbocycles. The Bertz CT molecular complexity index is 666. The van der Waals surface area contributed by atoms with Gasteiger partial charge >= 0.3 is 0 Å². The van der Waals surface area contributed by atoms with Crippen molar-refractivity contribution in [2.75, 3.05) is 20.6 Å². The smallest absolute Gasteiger partial charge is 0.252 e. The number of thiophene rings is 1. The molecule has 1 heterocycles. The normalized spacial score (nSPS) is 12.0. The third kappa shape index (κ3) is 4.14. The zero-order chi connectivity index (χ0) is 15.3. The van der Waals surface area contributed by atoms with Crippen LogP contribution < -0.4 is 5.32 Å². The lowest BCUT2D eigenvalue weighted by molar-refractivity contribution is 0.474. The van der Waals surface area contributed by atoms with Crippen molar-refractivity contribution in [1.82, 2.24) is 9.62 Å². The summed E-state index contributed by atoms with van der Waals surface area (Å²) in [6.45, 7) is 1.17. The van der Waals surface area contributed by atoms with Crippen LogP contribution in [0.25, 0.3) is 0 Å². The highest BCUT2D eigenvalue weighted by Crippen LogP contribution is 2.24. The maximum absolute atomic E-state index is 12.5. The summed E-state index contributed by atoms with van der Waals surface area (Å²) in [5.74, 6) is 0. The van der Waals surface area contributed by atoms with E-state index in [2.05, 4.69) is 5.32 Å². The molecule has 2 aromatic rings. The fraction of sp³-hybridized carbons (Fsp3) is 0.333. The van der Waals surface area contributed by atoms with Gasteiger partial charge in [0.25, 0.3) is 10.0 Å². The quantitative estimate of drug-likeness (QED) is 0.850. The highest BCUT2D eigenvalue weighted by atomic mass is 32.2. The highest BCUT2D eigenvalue weighted by Gasteiger charge is 2.22. The predicted molar refractivity (Wildman–Crippen MR) is 87.0 cm³/mol. The van der Waals surface area contributed by atoms with Gasteiger partial charge in [0.15, 0.2) is 0 Å². The molecule has 0 fully saturated rings. The first-order valence-electron chi connectivity index (χ1n) is 6.77. The van der Waals surface area contributed by atoms with E-state index in [4.69, 9.17) is 0 Å². The average molecular weight is 324 g/mol. The first kappa shape index (κ1) is 16.2. The fourth-order valence-corrected chi connectivity index (χ4v) is 4.72. The lowest BCUT2D eigenvalue weighted by atomic mass is 10.2. The number of nitrogens with zero attached hydrogens (tertiary/aromatic N) is 1. The van der Waals surface area contributed by atoms with E-state index >= 15 is 0 Å². The minimum absolute atomic E-state index is 0.406. The second-order valence-electron chi connectivity index (χ2n) is 4.81. The Kier molecular flexibility index (Phi) is 5.52. The molecule has 1 aromatic heterocycles. The van der Waals surface area contributed by atoms with Gasteiger partial charge in [0.05, 0.1) is 0 Å². The van der Waals surface area contributed by atoms with Gasteiger partial charge in [-0.05, 0) is 31.2 Å². The standard InChI is InChI=1S/C15H20N2O2S2/c1-16-12-14-8-9-15(20-14)21(18,19)17(2)11-10-13-6-4-3-5-7-13/h3-9,16H,10-12H2,1-2H3. The van der Waals surface area contributed by atoms with Crippen LogP contribution in [0.5, 0.6) is 0 Å². The van der Waals surface area contributed by atoms with E-state index in [1.54, 1.807) is 13.1 Å². The van der Waals surface area contributed by atoms with Gasteiger partial charge < -0.3 is 5.32 Å². The maximum atomic E-state index is 12.5. The van der Waals surface area contributed by atoms with Crippen molar-refractivity contribution in [2.45, 2.75) is 17.2 Å². The van der Waals surface area contributed by atoms with Crippen molar-refractivity contribution < 1.29 is 8.42 Å². The molecule has 0 atom stereocenters. The summed E-state index contributed by atoms with van der Waals surface area (Å²) in [6, 6.07) is 13.5. The summed E-state index contributed by atoms with van der Waals surface area (Å²) in [5, 5.41) is 3.03. The molecule has 0 unspecified atom stereocenters. The van der Waals surface area contributed by atoms with Crippen LogP contribution in [0.15, 0.2) is 46.7 Å². The Labute approximate surface area is 130 Å². The molecule has 4 nitrogen and oxygen atoms in total. The first-order chi connectivity index (χ1) is 10.0. The van der Waals surface area contributed by atoms with E-state index in [-0.39, 0.29) is 0 Å². The molecule has 0 spiro atoms. The molecule has 6 heteroatoms. The van der Waals surface area contributed by atoms with Crippen molar-refractivity contribution in [2.24, 2.45) is 0 Å². The van der Waals surface area contributed by atoms with Crippen molar-refractivity contribution in [3.63, 3.8) is 0 Å². The molecule has 21 heavy (non-hydrogen) atoms. The van der Waals surface area contributed by atoms with E-state index in [1.807, 2.05) is 43.4 Å². The van der Waals surface area contributed by atoms with Gasteiger partial charge in [-0.15, -0.1) is 11.3 Å². The van der Waals surface area contributed by atoms with Crippen molar-refractivity contribution in [1.29, 1.82) is 0 Å². The molecule has 0 radical (unpaired) electrons. The maximum Gasteiger partial charge on any atom is 0.252 e. The molecule has 0 saturated heterocycles. The fourth-order valence-electron chi connectivity index (χ4n) is 1.97. The van der Waals surface area contributed by atoms with E-state index in [0.717, 1.165) is 10.4 Å². The molecule has 1 N–H and O–H groups in total. The third-order valence-electron chi connectivity index (χ3n) is 3.21. The molecule has 114 valence electrons. The molecular formula is C15H20N2O2S2. The van der Waals surface area contributed by atoms with Crippen molar-refractivity contribution >= 4 is 21.4 Å². The number of benzene rings is 1. The first-order valence-corrected chi connectivity index (χ1v) is 9.03. The van der Waals surface area contributed by atoms with Gasteiger partial charge in [0.1, 0.15) is 4.21 Å². The van der Waals surface area contributed by atoms with E-state index in [1.165, 1.54) is 15.6 Å². The molecule has 0 aliphatic rings. The predicted octanol–water partition coefficient (Wildman–Crippen LogP) is 2.33. The Hall–Kier alpha value is -1.21. The molecule has 0 amide bonds. The minimum Gasteiger partial charge on any atom is -0.315 e. The van der Waals surface area contributed by atoms with Gasteiger partial charge in [0.2, 0.25) is 0 Å². The van der Waals surface area contributed by atoms with E-state index < -0.39 is 10.0 Å². The van der Waals surface area contributed by atoms with Gasteiger partial charge in [0, 0.05) is 25.0 Å². The number of hydrogen-bond acceptors (Lipinski definition) is 4. The summed E-state index contributed by atoms with van der Waals surface area (Å²) < 4.78 is 26.8. The second kappa shape index (κ2) is 7.17. The van der Waals surface area contributed by atoms with Crippen LogP contribution >= 0.6 is 11.3 Å². The zero-order valence-corrected chi connectivity index (χ0v) is 13.9. The largest absolute Gasteiger partial charge is 0.315 e. The minimum atomic E-state index is -3.38. The number of sulfonamides is 1. The monoisotopic (exact) mass is 324 g/mol. The van der Waals surface area contributed by atoms with E-state index in [0.29, 0.717) is 23.7 Å². The summed E-state index contributed by atoms with van der Waals surface area (Å²) in [6.07, 6.45) is 0.714. The third-order valence-corrected chi connectivity index (χ3v) is 6.62. The average Bonchev–Trinajstić information content (AvgIpc) is 2.95. The van der Waals surface area contributed by atoms with Crippen molar-refractivity contribution in [3.8, 4) is 0 Å². The van der Waals surface area contributed by atoms with Gasteiger partial charge in [-0.3, -0.25) is 0 Å². The molecular weight excluding hydrogens is 304 g/mol. The SMILES string of the molecule is CNCc1ccc(S(=O)(=O)N(C)CCc2ccccc2)s1. The molecule has 0 bridgehead atoms. The van der Waals surface area contributed by atoms with Crippen LogP contribution in [0.4, 0.5) is 0 Å². The molecule has 0 aliphatic carbocycles. The summed E-state index contributed by atoms with van der Waals surface area (Å²) in [4.78, 5) is 1.02. The van der Waals surface area contributed by atoms with Crippen LogP contribution in [-0.4, -0.2) is 33.4 Å². The van der Waals surface area contributed by atoms with Crippen LogP contribution in [0, 0.1) is 0 Å². The van der Waals surface area contributed by atoms with Gasteiger partial charge in [-0.2, -0.15) is 4.31 Å². The Morgan fingerprint density at radius 3 is 2.52 bits per heavy atom. The molecule has 0 aliphatic heterocycles. The summed E-state index contributed by atoms with van der Waals surface area (Å²) >= 11 is 1.32. The Morgan fingerprint density at radius 2 is 1.86 bits per heavy atom. The highest BCUT2D eigenvalue weighted by molar-refractivity contribution is 7.91. The lowest BCUT2D eigenvalue weighted by Crippen LogP contribution is -2.28. The van der Waals surface area contributed by atoms with Crippen molar-refractivity contribution in [3.05, 3.63) is 52.9 Å². The van der Waals surface area contributed by atoms with Crippen LogP contribution in [0.3, 0.4) is 0 Å². The molecule has 0 saturated carbocycles. The van der Waals surface area contributed by atoms with Gasteiger partial charge in [-0.25, -0.2) is 8.42 Å². The Morgan fingerprint density at radius 1 is 1.14 bits per heavy atom. The lowest BCUT2D eigenvalue weighted by Gasteiger charge is -2.15. The summed E-state index contributed by atoms with van der Waals surface area (Å²) in [5.41, 5.74) is 1.14.